The van der Waals surface area contributed by atoms with Crippen molar-refractivity contribution in [2.75, 3.05) is 26.0 Å². The average molecular weight is 335 g/mol. The topological polar surface area (TPSA) is 40.2 Å². The van der Waals surface area contributed by atoms with Crippen molar-refractivity contribution in [2.24, 2.45) is 0 Å². The Hall–Kier alpha value is -1.69. The van der Waals surface area contributed by atoms with Crippen molar-refractivity contribution in [1.29, 1.82) is 0 Å². The normalized spacial score (nSPS) is 12.0. The number of rotatable bonds is 5. The number of thiocarbonyl (C=S) groups is 1. The van der Waals surface area contributed by atoms with Crippen molar-refractivity contribution in [3.8, 4) is 0 Å². The largest absolute Gasteiger partial charge is 0.361 e. The highest BCUT2D eigenvalue weighted by Crippen LogP contribution is 2.20. The van der Waals surface area contributed by atoms with Crippen molar-refractivity contribution < 1.29 is 0 Å². The van der Waals surface area contributed by atoms with Gasteiger partial charge in [-0.2, -0.15) is 0 Å². The number of nitrogens with one attached hydrogen (secondary N) is 2. The maximum atomic E-state index is 6.11. The molecule has 0 radical (unpaired) electrons. The lowest BCUT2D eigenvalue weighted by Gasteiger charge is -2.25. The summed E-state index contributed by atoms with van der Waals surface area (Å²) >= 11 is 11.4. The summed E-state index contributed by atoms with van der Waals surface area (Å²) in [5.41, 5.74) is 1.94. The van der Waals surface area contributed by atoms with E-state index in [1.54, 1.807) is 6.20 Å². The highest BCUT2D eigenvalue weighted by atomic mass is 35.5. The monoisotopic (exact) mass is 334 g/mol. The Labute approximate surface area is 141 Å². The van der Waals surface area contributed by atoms with Gasteiger partial charge in [-0.3, -0.25) is 4.98 Å². The number of hydrogen-bond donors (Lipinski definition) is 2. The van der Waals surface area contributed by atoms with E-state index in [9.17, 15) is 0 Å². The quantitative estimate of drug-likeness (QED) is 0.821. The lowest BCUT2D eigenvalue weighted by atomic mass is 10.1. The molecule has 0 amide bonds. The fraction of sp³-hybridized carbons (Fsp3) is 0.250. The molecule has 0 fully saturated rings. The van der Waals surface area contributed by atoms with Gasteiger partial charge in [-0.05, 0) is 50.1 Å². The van der Waals surface area contributed by atoms with E-state index in [2.05, 4.69) is 26.6 Å². The molecular formula is C16H19ClN4S. The summed E-state index contributed by atoms with van der Waals surface area (Å²) in [6, 6.07) is 11.7. The number of halogens is 1. The van der Waals surface area contributed by atoms with Crippen LogP contribution in [-0.4, -0.2) is 35.6 Å². The maximum absolute atomic E-state index is 6.11. The minimum absolute atomic E-state index is 0.180. The van der Waals surface area contributed by atoms with Gasteiger partial charge in [0.05, 0.1) is 16.8 Å². The van der Waals surface area contributed by atoms with E-state index in [0.29, 0.717) is 16.7 Å². The molecule has 1 aromatic carbocycles. The van der Waals surface area contributed by atoms with E-state index in [1.807, 2.05) is 50.6 Å². The molecule has 0 aliphatic heterocycles. The Morgan fingerprint density at radius 1 is 1.27 bits per heavy atom. The lowest BCUT2D eigenvalue weighted by Crippen LogP contribution is -2.36. The first-order chi connectivity index (χ1) is 10.6. The van der Waals surface area contributed by atoms with Crippen LogP contribution < -0.4 is 10.6 Å². The number of aromatic nitrogens is 1. The third-order valence-electron chi connectivity index (χ3n) is 3.27. The molecule has 0 saturated carbocycles. The molecule has 6 heteroatoms. The first-order valence-corrected chi connectivity index (χ1v) is 7.72. The molecule has 0 saturated heterocycles. The number of anilines is 1. The van der Waals surface area contributed by atoms with Gasteiger partial charge in [0.2, 0.25) is 0 Å². The number of hydrogen-bond acceptors (Lipinski definition) is 3. The van der Waals surface area contributed by atoms with E-state index < -0.39 is 0 Å². The molecular weight excluding hydrogens is 316 g/mol. The average Bonchev–Trinajstić information content (AvgIpc) is 2.50. The van der Waals surface area contributed by atoms with Crippen molar-refractivity contribution in [3.63, 3.8) is 0 Å². The van der Waals surface area contributed by atoms with Crippen molar-refractivity contribution in [2.45, 2.75) is 6.04 Å². The summed E-state index contributed by atoms with van der Waals surface area (Å²) in [6.45, 7) is 0.676. The highest BCUT2D eigenvalue weighted by molar-refractivity contribution is 7.80. The van der Waals surface area contributed by atoms with E-state index in [4.69, 9.17) is 23.8 Å². The second-order valence-electron chi connectivity index (χ2n) is 5.08. The number of nitrogens with zero attached hydrogens (tertiary/aromatic N) is 2. The summed E-state index contributed by atoms with van der Waals surface area (Å²) in [6.07, 6.45) is 3.64. The lowest BCUT2D eigenvalue weighted by molar-refractivity contribution is 0.298. The van der Waals surface area contributed by atoms with E-state index in [-0.39, 0.29) is 6.04 Å². The summed E-state index contributed by atoms with van der Waals surface area (Å²) < 4.78 is 0. The zero-order valence-corrected chi connectivity index (χ0v) is 14.2. The second kappa shape index (κ2) is 8.08. The third-order valence-corrected chi connectivity index (χ3v) is 3.85. The van der Waals surface area contributed by atoms with E-state index in [1.165, 1.54) is 0 Å². The zero-order valence-electron chi connectivity index (χ0n) is 12.6. The highest BCUT2D eigenvalue weighted by Gasteiger charge is 2.14. The van der Waals surface area contributed by atoms with Crippen LogP contribution in [-0.2, 0) is 0 Å². The van der Waals surface area contributed by atoms with Crippen molar-refractivity contribution >= 4 is 34.6 Å². The Bertz CT molecular complexity index is 619. The molecule has 2 rings (SSSR count). The molecule has 22 heavy (non-hydrogen) atoms. The fourth-order valence-electron chi connectivity index (χ4n) is 2.09. The van der Waals surface area contributed by atoms with E-state index >= 15 is 0 Å². The molecule has 0 unspecified atom stereocenters. The summed E-state index contributed by atoms with van der Waals surface area (Å²) in [5, 5.41) is 7.53. The van der Waals surface area contributed by atoms with Gasteiger partial charge in [0, 0.05) is 18.9 Å². The maximum Gasteiger partial charge on any atom is 0.170 e. The zero-order chi connectivity index (χ0) is 15.9. The number of likely N-dealkylation sites (N-methyl/N-ethyl adjacent to an activating group) is 1. The van der Waals surface area contributed by atoms with Crippen LogP contribution in [0.2, 0.25) is 5.02 Å². The van der Waals surface area contributed by atoms with Crippen LogP contribution in [0.1, 0.15) is 11.6 Å². The molecule has 1 atom stereocenters. The van der Waals surface area contributed by atoms with Gasteiger partial charge in [-0.15, -0.1) is 0 Å². The Morgan fingerprint density at radius 3 is 2.68 bits per heavy atom. The smallest absolute Gasteiger partial charge is 0.170 e. The number of para-hydroxylation sites is 1. The van der Waals surface area contributed by atoms with Crippen LogP contribution in [0.5, 0.6) is 0 Å². The SMILES string of the molecule is CN(C)[C@H](CNC(=S)Nc1ccccc1Cl)c1cccnc1. The Balaban J connectivity index is 1.95. The van der Waals surface area contributed by atoms with Gasteiger partial charge in [0.1, 0.15) is 0 Å². The Morgan fingerprint density at radius 2 is 2.05 bits per heavy atom. The molecule has 1 heterocycles. The van der Waals surface area contributed by atoms with Crippen molar-refractivity contribution in [3.05, 3.63) is 59.4 Å². The number of pyridine rings is 1. The first-order valence-electron chi connectivity index (χ1n) is 6.93. The minimum atomic E-state index is 0.180. The van der Waals surface area contributed by atoms with Crippen LogP contribution in [0.15, 0.2) is 48.8 Å². The van der Waals surface area contributed by atoms with Crippen LogP contribution in [0.3, 0.4) is 0 Å². The van der Waals surface area contributed by atoms with Crippen LogP contribution in [0, 0.1) is 0 Å². The second-order valence-corrected chi connectivity index (χ2v) is 5.90. The molecule has 2 aromatic rings. The van der Waals surface area contributed by atoms with Gasteiger partial charge < -0.3 is 15.5 Å². The fourth-order valence-corrected chi connectivity index (χ4v) is 2.47. The number of benzene rings is 1. The van der Waals surface area contributed by atoms with Gasteiger partial charge >= 0.3 is 0 Å². The van der Waals surface area contributed by atoms with Crippen LogP contribution in [0.25, 0.3) is 0 Å². The van der Waals surface area contributed by atoms with Gasteiger partial charge in [0.15, 0.2) is 5.11 Å². The van der Waals surface area contributed by atoms with Gasteiger partial charge in [0.25, 0.3) is 0 Å². The van der Waals surface area contributed by atoms with Gasteiger partial charge in [-0.25, -0.2) is 0 Å². The summed E-state index contributed by atoms with van der Waals surface area (Å²) in [4.78, 5) is 6.30. The first kappa shape index (κ1) is 16.7. The molecule has 1 aromatic heterocycles. The van der Waals surface area contributed by atoms with Crippen LogP contribution in [0.4, 0.5) is 5.69 Å². The van der Waals surface area contributed by atoms with Crippen LogP contribution >= 0.6 is 23.8 Å². The standard InChI is InChI=1S/C16H19ClN4S/c1-21(2)15(12-6-5-9-18-10-12)11-19-16(22)20-14-8-4-3-7-13(14)17/h3-10,15H,11H2,1-2H3,(H2,19,20,22)/t15-/m1/s1. The molecule has 0 aliphatic rings. The van der Waals surface area contributed by atoms with E-state index in [0.717, 1.165) is 11.3 Å². The summed E-state index contributed by atoms with van der Waals surface area (Å²) in [5.74, 6) is 0. The third kappa shape index (κ3) is 4.66. The molecule has 0 bridgehead atoms. The molecule has 4 nitrogen and oxygen atoms in total. The molecule has 0 aliphatic carbocycles. The Kier molecular flexibility index (Phi) is 6.12. The predicted molar refractivity (Wildman–Crippen MR) is 96.3 cm³/mol. The van der Waals surface area contributed by atoms with Crippen molar-refractivity contribution in [1.82, 2.24) is 15.2 Å². The molecule has 2 N–H and O–H groups in total. The molecule has 0 spiro atoms. The summed E-state index contributed by atoms with van der Waals surface area (Å²) in [7, 11) is 4.06. The molecule has 116 valence electrons. The van der Waals surface area contributed by atoms with Gasteiger partial charge in [-0.1, -0.05) is 29.8 Å². The predicted octanol–water partition coefficient (Wildman–Crippen LogP) is 3.32. The minimum Gasteiger partial charge on any atom is -0.361 e.